The van der Waals surface area contributed by atoms with Gasteiger partial charge in [0.1, 0.15) is 6.04 Å². The van der Waals surface area contributed by atoms with Crippen molar-refractivity contribution in [2.75, 3.05) is 19.6 Å². The summed E-state index contributed by atoms with van der Waals surface area (Å²) >= 11 is 0. The fourth-order valence-electron chi connectivity index (χ4n) is 2.20. The average molecular weight is 285 g/mol. The number of primary amides is 1. The maximum absolute atomic E-state index is 12.4. The van der Waals surface area contributed by atoms with E-state index in [2.05, 4.69) is 0 Å². The van der Waals surface area contributed by atoms with Crippen molar-refractivity contribution in [1.29, 1.82) is 0 Å². The normalized spacial score (nSPS) is 12.1. The third-order valence-electron chi connectivity index (χ3n) is 3.20. The minimum Gasteiger partial charge on any atom is -0.368 e. The lowest BCUT2D eigenvalue weighted by Crippen LogP contribution is -2.53. The lowest BCUT2D eigenvalue weighted by atomic mass is 10.0. The molecule has 0 spiro atoms. The van der Waals surface area contributed by atoms with Crippen LogP contribution in [0.4, 0.5) is 0 Å². The number of likely N-dealkylation sites (N-methyl/N-ethyl adjacent to an activating group) is 1. The Hall–Kier alpha value is -1.59. The molecule has 0 rings (SSSR count). The van der Waals surface area contributed by atoms with Crippen LogP contribution in [-0.2, 0) is 14.4 Å². The number of amides is 3. The Balaban J connectivity index is 5.10. The van der Waals surface area contributed by atoms with Gasteiger partial charge in [0.15, 0.2) is 0 Å². The second-order valence-electron chi connectivity index (χ2n) is 5.21. The molecular weight excluding hydrogens is 258 g/mol. The molecule has 20 heavy (non-hydrogen) atoms. The van der Waals surface area contributed by atoms with Gasteiger partial charge in [0.05, 0.1) is 6.54 Å². The Kier molecular flexibility index (Phi) is 7.87. The van der Waals surface area contributed by atoms with Crippen LogP contribution in [0.3, 0.4) is 0 Å². The maximum atomic E-state index is 12.4. The minimum absolute atomic E-state index is 0.0116. The van der Waals surface area contributed by atoms with Gasteiger partial charge >= 0.3 is 0 Å². The summed E-state index contributed by atoms with van der Waals surface area (Å²) in [6.45, 7) is 9.79. The van der Waals surface area contributed by atoms with Gasteiger partial charge in [0.2, 0.25) is 17.7 Å². The first kappa shape index (κ1) is 18.4. The zero-order valence-corrected chi connectivity index (χ0v) is 13.2. The van der Waals surface area contributed by atoms with Gasteiger partial charge in [-0.3, -0.25) is 14.4 Å². The zero-order valence-electron chi connectivity index (χ0n) is 13.2. The summed E-state index contributed by atoms with van der Waals surface area (Å²) in [5.41, 5.74) is 5.42. The highest BCUT2D eigenvalue weighted by atomic mass is 16.2. The van der Waals surface area contributed by atoms with Gasteiger partial charge in [0.25, 0.3) is 0 Å². The zero-order chi connectivity index (χ0) is 15.9. The van der Waals surface area contributed by atoms with E-state index >= 15 is 0 Å². The number of hydrogen-bond donors (Lipinski definition) is 1. The lowest BCUT2D eigenvalue weighted by molar-refractivity contribution is -0.144. The molecule has 0 aliphatic carbocycles. The van der Waals surface area contributed by atoms with Crippen molar-refractivity contribution >= 4 is 17.7 Å². The van der Waals surface area contributed by atoms with Crippen molar-refractivity contribution < 1.29 is 14.4 Å². The van der Waals surface area contributed by atoms with Crippen molar-refractivity contribution in [2.24, 2.45) is 11.7 Å². The molecule has 0 saturated heterocycles. The van der Waals surface area contributed by atoms with Crippen LogP contribution in [0.15, 0.2) is 0 Å². The molecular formula is C14H27N3O3. The highest BCUT2D eigenvalue weighted by Gasteiger charge is 2.31. The van der Waals surface area contributed by atoms with E-state index in [1.54, 1.807) is 0 Å². The van der Waals surface area contributed by atoms with Crippen molar-refractivity contribution in [1.82, 2.24) is 9.80 Å². The molecule has 0 heterocycles. The van der Waals surface area contributed by atoms with Crippen LogP contribution < -0.4 is 5.73 Å². The van der Waals surface area contributed by atoms with E-state index in [0.717, 1.165) is 6.42 Å². The van der Waals surface area contributed by atoms with Gasteiger partial charge < -0.3 is 15.5 Å². The number of rotatable bonds is 8. The summed E-state index contributed by atoms with van der Waals surface area (Å²) in [5, 5.41) is 0. The van der Waals surface area contributed by atoms with Gasteiger partial charge in [-0.2, -0.15) is 0 Å². The highest BCUT2D eigenvalue weighted by molar-refractivity contribution is 5.89. The molecule has 0 fully saturated rings. The van der Waals surface area contributed by atoms with Crippen molar-refractivity contribution in [2.45, 2.75) is 47.1 Å². The van der Waals surface area contributed by atoms with Crippen LogP contribution in [0.5, 0.6) is 0 Å². The maximum Gasteiger partial charge on any atom is 0.242 e. The van der Waals surface area contributed by atoms with Crippen LogP contribution in [0.2, 0.25) is 0 Å². The molecule has 0 aromatic rings. The van der Waals surface area contributed by atoms with E-state index in [0.29, 0.717) is 13.1 Å². The van der Waals surface area contributed by atoms with Gasteiger partial charge in [0, 0.05) is 20.0 Å². The van der Waals surface area contributed by atoms with Gasteiger partial charge in [-0.25, -0.2) is 0 Å². The Morgan fingerprint density at radius 1 is 1.15 bits per heavy atom. The summed E-state index contributed by atoms with van der Waals surface area (Å²) < 4.78 is 0. The van der Waals surface area contributed by atoms with Gasteiger partial charge in [-0.1, -0.05) is 20.8 Å². The minimum atomic E-state index is -0.631. The smallest absolute Gasteiger partial charge is 0.242 e. The van der Waals surface area contributed by atoms with Crippen LogP contribution in [0.1, 0.15) is 41.0 Å². The summed E-state index contributed by atoms with van der Waals surface area (Å²) in [6, 6.07) is -0.631. The fraction of sp³-hybridized carbons (Fsp3) is 0.786. The van der Waals surface area contributed by atoms with Crippen LogP contribution in [0.25, 0.3) is 0 Å². The largest absolute Gasteiger partial charge is 0.368 e. The van der Waals surface area contributed by atoms with E-state index < -0.39 is 11.9 Å². The van der Waals surface area contributed by atoms with E-state index in [4.69, 9.17) is 5.73 Å². The van der Waals surface area contributed by atoms with Crippen molar-refractivity contribution in [3.05, 3.63) is 0 Å². The molecule has 0 aromatic heterocycles. The molecule has 6 nitrogen and oxygen atoms in total. The Morgan fingerprint density at radius 3 is 2.00 bits per heavy atom. The topological polar surface area (TPSA) is 83.7 Å². The second kappa shape index (κ2) is 8.55. The molecule has 0 aromatic carbocycles. The molecule has 116 valence electrons. The second-order valence-corrected chi connectivity index (χ2v) is 5.21. The molecule has 3 amide bonds. The predicted molar refractivity (Wildman–Crippen MR) is 77.8 cm³/mol. The van der Waals surface area contributed by atoms with E-state index in [-0.39, 0.29) is 24.3 Å². The third kappa shape index (κ3) is 5.19. The number of carbonyl (C=O) groups excluding carboxylic acids is 3. The standard InChI is InChI=1S/C14H27N3O3/c1-6-8-17(13(10(3)4)14(15)20)12(19)9-16(7-2)11(5)18/h10,13H,6-9H2,1-5H3,(H2,15,20). The first-order valence-corrected chi connectivity index (χ1v) is 7.10. The Bertz CT molecular complexity index is 356. The number of hydrogen-bond acceptors (Lipinski definition) is 3. The SMILES string of the molecule is CCCN(C(=O)CN(CC)C(C)=O)C(C(N)=O)C(C)C. The average Bonchev–Trinajstić information content (AvgIpc) is 2.33. The van der Waals surface area contributed by atoms with Gasteiger partial charge in [-0.05, 0) is 19.3 Å². The van der Waals surface area contributed by atoms with Crippen molar-refractivity contribution in [3.8, 4) is 0 Å². The Morgan fingerprint density at radius 2 is 1.70 bits per heavy atom. The van der Waals surface area contributed by atoms with Gasteiger partial charge in [-0.15, -0.1) is 0 Å². The van der Waals surface area contributed by atoms with E-state index in [1.807, 2.05) is 27.7 Å². The van der Waals surface area contributed by atoms with Crippen molar-refractivity contribution in [3.63, 3.8) is 0 Å². The van der Waals surface area contributed by atoms with E-state index in [9.17, 15) is 14.4 Å². The molecule has 0 radical (unpaired) electrons. The molecule has 0 aliphatic rings. The van der Waals surface area contributed by atoms with Crippen LogP contribution >= 0.6 is 0 Å². The monoisotopic (exact) mass is 285 g/mol. The predicted octanol–water partition coefficient (Wildman–Crippen LogP) is 0.603. The Labute approximate surface area is 121 Å². The molecule has 0 bridgehead atoms. The quantitative estimate of drug-likeness (QED) is 0.709. The fourth-order valence-corrected chi connectivity index (χ4v) is 2.20. The van der Waals surface area contributed by atoms with E-state index in [1.165, 1.54) is 16.7 Å². The number of carbonyl (C=O) groups is 3. The van der Waals surface area contributed by atoms with Crippen LogP contribution in [-0.4, -0.2) is 53.2 Å². The molecule has 1 atom stereocenters. The summed E-state index contributed by atoms with van der Waals surface area (Å²) in [5.74, 6) is -0.957. The third-order valence-corrected chi connectivity index (χ3v) is 3.20. The highest BCUT2D eigenvalue weighted by Crippen LogP contribution is 2.12. The molecule has 0 aliphatic heterocycles. The molecule has 1 unspecified atom stereocenters. The summed E-state index contributed by atoms with van der Waals surface area (Å²) in [6.07, 6.45) is 0.731. The summed E-state index contributed by atoms with van der Waals surface area (Å²) in [4.78, 5) is 38.3. The first-order chi connectivity index (χ1) is 9.26. The molecule has 2 N–H and O–H groups in total. The summed E-state index contributed by atoms with van der Waals surface area (Å²) in [7, 11) is 0. The molecule has 0 saturated carbocycles. The number of nitrogens with zero attached hydrogens (tertiary/aromatic N) is 2. The van der Waals surface area contributed by atoms with Crippen LogP contribution in [0, 0.1) is 5.92 Å². The number of nitrogens with two attached hydrogens (primary N) is 1. The molecule has 6 heteroatoms. The first-order valence-electron chi connectivity index (χ1n) is 7.10. The lowest BCUT2D eigenvalue weighted by Gasteiger charge is -2.33.